The number of carbonyl (C=O) groups excluding carboxylic acids is 2. The first-order chi connectivity index (χ1) is 5.74. The zero-order chi connectivity index (χ0) is 8.97. The number of amides is 2. The third-order valence-corrected chi connectivity index (χ3v) is 1.91. The Balaban J connectivity index is 2.38. The van der Waals surface area contributed by atoms with Gasteiger partial charge in [0, 0.05) is 25.6 Å². The first kappa shape index (κ1) is 9.03. The summed E-state index contributed by atoms with van der Waals surface area (Å²) in [7, 11) is 0. The predicted molar refractivity (Wildman–Crippen MR) is 44.8 cm³/mol. The lowest BCUT2D eigenvalue weighted by Gasteiger charge is -2.28. The third kappa shape index (κ3) is 2.22. The van der Waals surface area contributed by atoms with Crippen molar-refractivity contribution in [1.29, 1.82) is 0 Å². The second kappa shape index (κ2) is 4.09. The molecule has 0 radical (unpaired) electrons. The summed E-state index contributed by atoms with van der Waals surface area (Å²) in [6.07, 6.45) is 1.85. The standard InChI is InChI=1S/C8H14N2O2/c1-7(6-11)5-10-4-2-3-9-8(10)12/h6-7H,2-5H2,1H3,(H,9,12). The summed E-state index contributed by atoms with van der Waals surface area (Å²) in [6, 6.07) is -0.0463. The Labute approximate surface area is 71.9 Å². The van der Waals surface area contributed by atoms with Crippen LogP contribution in [-0.2, 0) is 4.79 Å². The van der Waals surface area contributed by atoms with Gasteiger partial charge in [0.25, 0.3) is 0 Å². The van der Waals surface area contributed by atoms with Crippen LogP contribution in [0.5, 0.6) is 0 Å². The van der Waals surface area contributed by atoms with Crippen LogP contribution in [0.2, 0.25) is 0 Å². The first-order valence-corrected chi connectivity index (χ1v) is 4.22. The minimum Gasteiger partial charge on any atom is -0.338 e. The van der Waals surface area contributed by atoms with E-state index in [1.807, 2.05) is 6.92 Å². The average Bonchev–Trinajstić information content (AvgIpc) is 2.09. The van der Waals surface area contributed by atoms with Crippen molar-refractivity contribution in [2.75, 3.05) is 19.6 Å². The zero-order valence-electron chi connectivity index (χ0n) is 7.25. The lowest BCUT2D eigenvalue weighted by Crippen LogP contribution is -2.48. The topological polar surface area (TPSA) is 49.4 Å². The number of hydrogen-bond donors (Lipinski definition) is 1. The van der Waals surface area contributed by atoms with Gasteiger partial charge in [-0.25, -0.2) is 4.79 Å². The van der Waals surface area contributed by atoms with E-state index >= 15 is 0 Å². The van der Waals surface area contributed by atoms with Gasteiger partial charge in [-0.15, -0.1) is 0 Å². The molecule has 2 amide bonds. The van der Waals surface area contributed by atoms with Gasteiger partial charge in [0.1, 0.15) is 6.29 Å². The second-order valence-electron chi connectivity index (χ2n) is 3.14. The van der Waals surface area contributed by atoms with Gasteiger partial charge < -0.3 is 15.0 Å². The SMILES string of the molecule is CC(C=O)CN1CCCNC1=O. The van der Waals surface area contributed by atoms with Crippen molar-refractivity contribution in [2.45, 2.75) is 13.3 Å². The summed E-state index contributed by atoms with van der Waals surface area (Å²) in [5.74, 6) is -0.0613. The first-order valence-electron chi connectivity index (χ1n) is 4.22. The Bertz CT molecular complexity index is 182. The Hall–Kier alpha value is -1.06. The molecule has 1 rings (SSSR count). The molecule has 68 valence electrons. The molecule has 1 atom stereocenters. The lowest BCUT2D eigenvalue weighted by atomic mass is 10.2. The van der Waals surface area contributed by atoms with E-state index in [0.717, 1.165) is 25.8 Å². The highest BCUT2D eigenvalue weighted by Crippen LogP contribution is 2.02. The molecule has 12 heavy (non-hydrogen) atoms. The number of nitrogens with one attached hydrogen (secondary N) is 1. The fourth-order valence-electron chi connectivity index (χ4n) is 1.24. The molecular weight excluding hydrogens is 156 g/mol. The summed E-state index contributed by atoms with van der Waals surface area (Å²) in [4.78, 5) is 23.2. The van der Waals surface area contributed by atoms with Gasteiger partial charge in [-0.1, -0.05) is 6.92 Å². The maximum absolute atomic E-state index is 11.1. The summed E-state index contributed by atoms with van der Waals surface area (Å²) in [5.41, 5.74) is 0. The molecule has 0 saturated carbocycles. The lowest BCUT2D eigenvalue weighted by molar-refractivity contribution is -0.111. The van der Waals surface area contributed by atoms with Crippen LogP contribution in [0, 0.1) is 5.92 Å². The van der Waals surface area contributed by atoms with E-state index in [-0.39, 0.29) is 11.9 Å². The average molecular weight is 170 g/mol. The molecule has 4 nitrogen and oxygen atoms in total. The van der Waals surface area contributed by atoms with Crippen LogP contribution in [0.3, 0.4) is 0 Å². The van der Waals surface area contributed by atoms with Crippen LogP contribution in [0.4, 0.5) is 4.79 Å². The van der Waals surface area contributed by atoms with Crippen LogP contribution < -0.4 is 5.32 Å². The molecule has 1 saturated heterocycles. The molecule has 1 unspecified atom stereocenters. The van der Waals surface area contributed by atoms with Crippen LogP contribution in [0.1, 0.15) is 13.3 Å². The number of carbonyl (C=O) groups is 2. The number of urea groups is 1. The molecule has 0 aromatic rings. The van der Waals surface area contributed by atoms with E-state index in [2.05, 4.69) is 5.32 Å². The van der Waals surface area contributed by atoms with E-state index < -0.39 is 0 Å². The summed E-state index contributed by atoms with van der Waals surface area (Å²) < 4.78 is 0. The molecule has 1 fully saturated rings. The van der Waals surface area contributed by atoms with Crippen molar-refractivity contribution < 1.29 is 9.59 Å². The van der Waals surface area contributed by atoms with Gasteiger partial charge in [0.2, 0.25) is 0 Å². The molecule has 1 heterocycles. The Morgan fingerprint density at radius 1 is 1.75 bits per heavy atom. The molecule has 0 bridgehead atoms. The van der Waals surface area contributed by atoms with Gasteiger partial charge in [-0.2, -0.15) is 0 Å². The highest BCUT2D eigenvalue weighted by molar-refractivity contribution is 5.75. The molecular formula is C8H14N2O2. The Morgan fingerprint density at radius 2 is 2.50 bits per heavy atom. The van der Waals surface area contributed by atoms with Crippen molar-refractivity contribution in [1.82, 2.24) is 10.2 Å². The number of hydrogen-bond acceptors (Lipinski definition) is 2. The van der Waals surface area contributed by atoms with Crippen LogP contribution in [0.25, 0.3) is 0 Å². The molecule has 1 aliphatic rings. The van der Waals surface area contributed by atoms with E-state index in [1.54, 1.807) is 4.90 Å². The van der Waals surface area contributed by atoms with Crippen molar-refractivity contribution >= 4 is 12.3 Å². The van der Waals surface area contributed by atoms with Crippen LogP contribution >= 0.6 is 0 Å². The maximum atomic E-state index is 11.1. The van der Waals surface area contributed by atoms with Crippen molar-refractivity contribution in [2.24, 2.45) is 5.92 Å². The normalized spacial score (nSPS) is 20.1. The molecule has 4 heteroatoms. The quantitative estimate of drug-likeness (QED) is 0.617. The van der Waals surface area contributed by atoms with E-state index in [1.165, 1.54) is 0 Å². The highest BCUT2D eigenvalue weighted by Gasteiger charge is 2.18. The molecule has 0 aliphatic carbocycles. The Kier molecular flexibility index (Phi) is 3.08. The van der Waals surface area contributed by atoms with E-state index in [0.29, 0.717) is 6.54 Å². The molecule has 0 spiro atoms. The fourth-order valence-corrected chi connectivity index (χ4v) is 1.24. The minimum absolute atomic E-state index is 0.0463. The summed E-state index contributed by atoms with van der Waals surface area (Å²) >= 11 is 0. The molecule has 1 aliphatic heterocycles. The van der Waals surface area contributed by atoms with Gasteiger partial charge in [-0.3, -0.25) is 0 Å². The van der Waals surface area contributed by atoms with Gasteiger partial charge >= 0.3 is 6.03 Å². The Morgan fingerprint density at radius 3 is 3.08 bits per heavy atom. The molecule has 0 aromatic carbocycles. The smallest absolute Gasteiger partial charge is 0.317 e. The number of rotatable bonds is 3. The van der Waals surface area contributed by atoms with Crippen molar-refractivity contribution in [3.63, 3.8) is 0 Å². The zero-order valence-corrected chi connectivity index (χ0v) is 7.25. The van der Waals surface area contributed by atoms with Crippen LogP contribution in [0.15, 0.2) is 0 Å². The highest BCUT2D eigenvalue weighted by atomic mass is 16.2. The summed E-state index contributed by atoms with van der Waals surface area (Å²) in [5, 5.41) is 2.73. The monoisotopic (exact) mass is 170 g/mol. The van der Waals surface area contributed by atoms with Crippen molar-refractivity contribution in [3.8, 4) is 0 Å². The number of nitrogens with zero attached hydrogens (tertiary/aromatic N) is 1. The molecule has 0 aromatic heterocycles. The predicted octanol–water partition coefficient (Wildman–Crippen LogP) is 0.237. The van der Waals surface area contributed by atoms with Crippen LogP contribution in [-0.4, -0.2) is 36.9 Å². The third-order valence-electron chi connectivity index (χ3n) is 1.91. The number of aldehydes is 1. The largest absolute Gasteiger partial charge is 0.338 e. The summed E-state index contributed by atoms with van der Waals surface area (Å²) in [6.45, 7) is 3.87. The minimum atomic E-state index is -0.0613. The van der Waals surface area contributed by atoms with Crippen molar-refractivity contribution in [3.05, 3.63) is 0 Å². The molecule has 1 N–H and O–H groups in total. The maximum Gasteiger partial charge on any atom is 0.317 e. The van der Waals surface area contributed by atoms with Gasteiger partial charge in [-0.05, 0) is 6.42 Å². The fraction of sp³-hybridized carbons (Fsp3) is 0.750. The van der Waals surface area contributed by atoms with Gasteiger partial charge in [0.05, 0.1) is 0 Å². The second-order valence-corrected chi connectivity index (χ2v) is 3.14. The van der Waals surface area contributed by atoms with E-state index in [4.69, 9.17) is 0 Å². The van der Waals surface area contributed by atoms with E-state index in [9.17, 15) is 9.59 Å². The van der Waals surface area contributed by atoms with Gasteiger partial charge in [0.15, 0.2) is 0 Å².